The molecule has 0 aromatic heterocycles. The van der Waals surface area contributed by atoms with Crippen LogP contribution in [0.5, 0.6) is 11.5 Å². The number of phenols is 1. The number of para-hydroxylation sites is 1. The lowest BCUT2D eigenvalue weighted by molar-refractivity contribution is 0.368. The van der Waals surface area contributed by atoms with E-state index in [9.17, 15) is 5.11 Å². The number of aromatic hydroxyl groups is 1. The van der Waals surface area contributed by atoms with Crippen LogP contribution in [0.1, 0.15) is 24.8 Å². The van der Waals surface area contributed by atoms with Gasteiger partial charge in [-0.15, -0.1) is 0 Å². The maximum atomic E-state index is 9.85. The van der Waals surface area contributed by atoms with E-state index in [0.29, 0.717) is 11.7 Å². The molecule has 0 fully saturated rings. The maximum absolute atomic E-state index is 9.85. The predicted octanol–water partition coefficient (Wildman–Crippen LogP) is 3.29. The normalized spacial score (nSPS) is 12.5. The van der Waals surface area contributed by atoms with Crippen LogP contribution in [-0.4, -0.2) is 17.5 Å². The quantitative estimate of drug-likeness (QED) is 0.841. The summed E-state index contributed by atoms with van der Waals surface area (Å²) >= 11 is 3.39. The van der Waals surface area contributed by atoms with Crippen molar-refractivity contribution < 1.29 is 9.84 Å². The summed E-state index contributed by atoms with van der Waals surface area (Å²) in [5, 5.41) is 10.8. The Balaban J connectivity index is 2.96. The van der Waals surface area contributed by atoms with E-state index in [0.717, 1.165) is 17.3 Å². The SMILES string of the molecule is COc1cccc(C(C)CCBr)c1O. The lowest BCUT2D eigenvalue weighted by Crippen LogP contribution is -1.96. The van der Waals surface area contributed by atoms with Gasteiger partial charge in [0.1, 0.15) is 0 Å². The molecule has 0 heterocycles. The average molecular weight is 259 g/mol. The Hall–Kier alpha value is -0.700. The molecule has 14 heavy (non-hydrogen) atoms. The molecule has 1 aromatic rings. The molecule has 0 radical (unpaired) electrons. The maximum Gasteiger partial charge on any atom is 0.161 e. The van der Waals surface area contributed by atoms with Crippen LogP contribution in [0.2, 0.25) is 0 Å². The molecule has 78 valence electrons. The van der Waals surface area contributed by atoms with Crippen molar-refractivity contribution in [2.75, 3.05) is 12.4 Å². The van der Waals surface area contributed by atoms with Crippen molar-refractivity contribution >= 4 is 15.9 Å². The van der Waals surface area contributed by atoms with E-state index < -0.39 is 0 Å². The Morgan fingerprint density at radius 3 is 2.79 bits per heavy atom. The fourth-order valence-corrected chi connectivity index (χ4v) is 2.11. The summed E-state index contributed by atoms with van der Waals surface area (Å²) in [6.07, 6.45) is 1.00. The van der Waals surface area contributed by atoms with Crippen LogP contribution >= 0.6 is 15.9 Å². The second-order valence-corrected chi connectivity index (χ2v) is 4.07. The molecule has 0 aliphatic carbocycles. The number of alkyl halides is 1. The van der Waals surface area contributed by atoms with Crippen LogP contribution in [0.15, 0.2) is 18.2 Å². The number of halogens is 1. The van der Waals surface area contributed by atoms with E-state index in [1.807, 2.05) is 12.1 Å². The van der Waals surface area contributed by atoms with Crippen molar-refractivity contribution in [1.29, 1.82) is 0 Å². The van der Waals surface area contributed by atoms with E-state index in [1.165, 1.54) is 0 Å². The minimum absolute atomic E-state index is 0.267. The van der Waals surface area contributed by atoms with Crippen molar-refractivity contribution in [1.82, 2.24) is 0 Å². The lowest BCUT2D eigenvalue weighted by Gasteiger charge is -2.13. The second-order valence-electron chi connectivity index (χ2n) is 3.28. The first kappa shape index (κ1) is 11.4. The van der Waals surface area contributed by atoms with Gasteiger partial charge in [-0.25, -0.2) is 0 Å². The first-order chi connectivity index (χ1) is 6.70. The van der Waals surface area contributed by atoms with Gasteiger partial charge in [-0.2, -0.15) is 0 Å². The molecule has 1 rings (SSSR count). The summed E-state index contributed by atoms with van der Waals surface area (Å²) in [5.74, 6) is 1.15. The van der Waals surface area contributed by atoms with Gasteiger partial charge in [0.15, 0.2) is 11.5 Å². The third-order valence-electron chi connectivity index (χ3n) is 2.32. The molecule has 0 aliphatic rings. The Morgan fingerprint density at radius 2 is 2.21 bits per heavy atom. The number of hydrogen-bond donors (Lipinski definition) is 1. The monoisotopic (exact) mass is 258 g/mol. The topological polar surface area (TPSA) is 29.5 Å². The van der Waals surface area contributed by atoms with Crippen molar-refractivity contribution in [2.24, 2.45) is 0 Å². The van der Waals surface area contributed by atoms with E-state index in [-0.39, 0.29) is 5.75 Å². The number of phenolic OH excluding ortho intramolecular Hbond substituents is 1. The summed E-state index contributed by atoms with van der Waals surface area (Å²) in [7, 11) is 1.56. The molecular formula is C11H15BrO2. The van der Waals surface area contributed by atoms with E-state index >= 15 is 0 Å². The summed E-state index contributed by atoms with van der Waals surface area (Å²) < 4.78 is 5.05. The highest BCUT2D eigenvalue weighted by molar-refractivity contribution is 9.09. The van der Waals surface area contributed by atoms with Gasteiger partial charge in [0, 0.05) is 10.9 Å². The first-order valence-corrected chi connectivity index (χ1v) is 5.74. The Bertz CT molecular complexity index is 299. The number of hydrogen-bond acceptors (Lipinski definition) is 2. The summed E-state index contributed by atoms with van der Waals surface area (Å²) in [6, 6.07) is 5.60. The zero-order chi connectivity index (χ0) is 10.6. The Kier molecular flexibility index (Phi) is 4.26. The van der Waals surface area contributed by atoms with E-state index in [1.54, 1.807) is 13.2 Å². The second kappa shape index (κ2) is 5.25. The molecular weight excluding hydrogens is 244 g/mol. The zero-order valence-corrected chi connectivity index (χ0v) is 10.0. The molecule has 1 atom stereocenters. The molecule has 1 aromatic carbocycles. The molecule has 1 unspecified atom stereocenters. The van der Waals surface area contributed by atoms with Crippen LogP contribution in [0, 0.1) is 0 Å². The zero-order valence-electron chi connectivity index (χ0n) is 8.46. The Morgan fingerprint density at radius 1 is 1.50 bits per heavy atom. The molecule has 2 nitrogen and oxygen atoms in total. The van der Waals surface area contributed by atoms with Gasteiger partial charge in [-0.1, -0.05) is 35.0 Å². The van der Waals surface area contributed by atoms with Crippen molar-refractivity contribution in [3.05, 3.63) is 23.8 Å². The largest absolute Gasteiger partial charge is 0.504 e. The minimum atomic E-state index is 0.267. The third-order valence-corrected chi connectivity index (χ3v) is 2.78. The van der Waals surface area contributed by atoms with E-state index in [2.05, 4.69) is 22.9 Å². The molecule has 3 heteroatoms. The number of benzene rings is 1. The summed E-state index contributed by atoms with van der Waals surface area (Å²) in [6.45, 7) is 2.09. The first-order valence-electron chi connectivity index (χ1n) is 4.62. The molecule has 0 aliphatic heterocycles. The number of rotatable bonds is 4. The highest BCUT2D eigenvalue weighted by atomic mass is 79.9. The van der Waals surface area contributed by atoms with Gasteiger partial charge in [0.2, 0.25) is 0 Å². The van der Waals surface area contributed by atoms with Gasteiger partial charge in [0.25, 0.3) is 0 Å². The Labute approximate surface area is 93.0 Å². The summed E-state index contributed by atoms with van der Waals surface area (Å²) in [4.78, 5) is 0. The van der Waals surface area contributed by atoms with Crippen LogP contribution in [0.3, 0.4) is 0 Å². The summed E-state index contributed by atoms with van der Waals surface area (Å²) in [5.41, 5.74) is 0.948. The van der Waals surface area contributed by atoms with Crippen molar-refractivity contribution in [3.63, 3.8) is 0 Å². The third kappa shape index (κ3) is 2.41. The number of ether oxygens (including phenoxy) is 1. The van der Waals surface area contributed by atoms with Gasteiger partial charge >= 0.3 is 0 Å². The number of methoxy groups -OCH3 is 1. The molecule has 1 N–H and O–H groups in total. The van der Waals surface area contributed by atoms with Crippen LogP contribution < -0.4 is 4.74 Å². The van der Waals surface area contributed by atoms with Crippen molar-refractivity contribution in [3.8, 4) is 11.5 Å². The lowest BCUT2D eigenvalue weighted by atomic mass is 9.97. The molecule has 0 saturated carbocycles. The highest BCUT2D eigenvalue weighted by Crippen LogP contribution is 2.35. The van der Waals surface area contributed by atoms with Crippen LogP contribution in [0.4, 0.5) is 0 Å². The van der Waals surface area contributed by atoms with E-state index in [4.69, 9.17) is 4.74 Å². The highest BCUT2D eigenvalue weighted by Gasteiger charge is 2.12. The van der Waals surface area contributed by atoms with Gasteiger partial charge in [-0.05, 0) is 18.4 Å². The average Bonchev–Trinajstić information content (AvgIpc) is 2.18. The van der Waals surface area contributed by atoms with Crippen LogP contribution in [-0.2, 0) is 0 Å². The molecule has 0 saturated heterocycles. The van der Waals surface area contributed by atoms with Crippen molar-refractivity contribution in [2.45, 2.75) is 19.3 Å². The molecule has 0 spiro atoms. The van der Waals surface area contributed by atoms with Crippen LogP contribution in [0.25, 0.3) is 0 Å². The fraction of sp³-hybridized carbons (Fsp3) is 0.455. The predicted molar refractivity (Wildman–Crippen MR) is 61.5 cm³/mol. The standard InChI is InChI=1S/C11H15BrO2/c1-8(6-7-12)9-4-3-5-10(14-2)11(9)13/h3-5,8,13H,6-7H2,1-2H3. The minimum Gasteiger partial charge on any atom is -0.504 e. The molecule has 0 bridgehead atoms. The smallest absolute Gasteiger partial charge is 0.161 e. The van der Waals surface area contributed by atoms with Gasteiger partial charge < -0.3 is 9.84 Å². The van der Waals surface area contributed by atoms with Gasteiger partial charge in [0.05, 0.1) is 7.11 Å². The fourth-order valence-electron chi connectivity index (χ4n) is 1.42. The molecule has 0 amide bonds. The van der Waals surface area contributed by atoms with Gasteiger partial charge in [-0.3, -0.25) is 0 Å².